The molecule has 0 unspecified atom stereocenters. The number of carbonyl (C=O) groups excluding carboxylic acids is 2. The van der Waals surface area contributed by atoms with Crippen LogP contribution in [0.4, 0.5) is 8.78 Å². The molecule has 2 aromatic rings. The van der Waals surface area contributed by atoms with Crippen molar-refractivity contribution in [1.29, 1.82) is 0 Å². The Morgan fingerprint density at radius 1 is 0.778 bits per heavy atom. The van der Waals surface area contributed by atoms with Gasteiger partial charge in [-0.2, -0.15) is 0 Å². The molecular weight excluding hydrogens is 350 g/mol. The highest BCUT2D eigenvalue weighted by molar-refractivity contribution is 5.96. The van der Waals surface area contributed by atoms with Crippen molar-refractivity contribution in [3.05, 3.63) is 70.8 Å². The van der Waals surface area contributed by atoms with Gasteiger partial charge in [0.1, 0.15) is 11.6 Å². The first-order valence-electron chi connectivity index (χ1n) is 9.00. The number of piperazine rings is 1. The van der Waals surface area contributed by atoms with Crippen molar-refractivity contribution < 1.29 is 18.4 Å². The Hall–Kier alpha value is -2.76. The fourth-order valence-corrected chi connectivity index (χ4v) is 3.17. The molecule has 1 heterocycles. The van der Waals surface area contributed by atoms with Gasteiger partial charge in [-0.1, -0.05) is 26.0 Å². The van der Waals surface area contributed by atoms with Crippen LogP contribution in [0.25, 0.3) is 0 Å². The normalized spacial score (nSPS) is 14.6. The van der Waals surface area contributed by atoms with E-state index in [9.17, 15) is 18.4 Å². The van der Waals surface area contributed by atoms with Gasteiger partial charge < -0.3 is 9.80 Å². The predicted molar refractivity (Wildman–Crippen MR) is 98.7 cm³/mol. The van der Waals surface area contributed by atoms with Gasteiger partial charge in [0.15, 0.2) is 0 Å². The van der Waals surface area contributed by atoms with Gasteiger partial charge in [-0.05, 0) is 35.7 Å². The van der Waals surface area contributed by atoms with Crippen LogP contribution in [-0.2, 0) is 0 Å². The van der Waals surface area contributed by atoms with Crippen molar-refractivity contribution in [2.45, 2.75) is 19.8 Å². The minimum atomic E-state index is -0.781. The predicted octanol–water partition coefficient (Wildman–Crippen LogP) is 3.69. The Kier molecular flexibility index (Phi) is 5.54. The molecule has 4 nitrogen and oxygen atoms in total. The van der Waals surface area contributed by atoms with E-state index in [1.807, 2.05) is 24.3 Å². The molecule has 6 heteroatoms. The van der Waals surface area contributed by atoms with E-state index in [2.05, 4.69) is 13.8 Å². The monoisotopic (exact) mass is 372 g/mol. The number of hydrogen-bond donors (Lipinski definition) is 0. The zero-order valence-electron chi connectivity index (χ0n) is 15.4. The SMILES string of the molecule is CC(C)c1ccc(C(=O)N2CCN(C(=O)c3cc(F)cc(F)c3)CC2)cc1. The second-order valence-electron chi connectivity index (χ2n) is 7.02. The minimum Gasteiger partial charge on any atom is -0.335 e. The minimum absolute atomic E-state index is 0.0171. The van der Waals surface area contributed by atoms with Crippen LogP contribution < -0.4 is 0 Å². The molecule has 0 aromatic heterocycles. The van der Waals surface area contributed by atoms with Crippen molar-refractivity contribution in [2.75, 3.05) is 26.2 Å². The quantitative estimate of drug-likeness (QED) is 0.825. The summed E-state index contributed by atoms with van der Waals surface area (Å²) >= 11 is 0. The molecular formula is C21H22F2N2O2. The van der Waals surface area contributed by atoms with Crippen molar-refractivity contribution >= 4 is 11.8 Å². The van der Waals surface area contributed by atoms with Gasteiger partial charge in [0.25, 0.3) is 11.8 Å². The molecule has 0 spiro atoms. The van der Waals surface area contributed by atoms with Gasteiger partial charge in [0, 0.05) is 43.4 Å². The lowest BCUT2D eigenvalue weighted by atomic mass is 10.0. The summed E-state index contributed by atoms with van der Waals surface area (Å²) in [5.41, 5.74) is 1.77. The van der Waals surface area contributed by atoms with Crippen molar-refractivity contribution in [3.63, 3.8) is 0 Å². The zero-order chi connectivity index (χ0) is 19.6. The number of rotatable bonds is 3. The molecule has 0 atom stereocenters. The number of carbonyl (C=O) groups is 2. The van der Waals surface area contributed by atoms with Crippen LogP contribution in [-0.4, -0.2) is 47.8 Å². The molecule has 1 aliphatic rings. The maximum atomic E-state index is 13.3. The van der Waals surface area contributed by atoms with Crippen LogP contribution in [0.15, 0.2) is 42.5 Å². The molecule has 1 fully saturated rings. The highest BCUT2D eigenvalue weighted by atomic mass is 19.1. The Morgan fingerprint density at radius 3 is 1.67 bits per heavy atom. The highest BCUT2D eigenvalue weighted by Gasteiger charge is 2.26. The Labute approximate surface area is 157 Å². The van der Waals surface area contributed by atoms with E-state index >= 15 is 0 Å². The lowest BCUT2D eigenvalue weighted by Crippen LogP contribution is -2.50. The maximum absolute atomic E-state index is 13.3. The van der Waals surface area contributed by atoms with Crippen LogP contribution in [0.5, 0.6) is 0 Å². The van der Waals surface area contributed by atoms with E-state index in [0.717, 1.165) is 18.2 Å². The molecule has 1 saturated heterocycles. The molecule has 1 aliphatic heterocycles. The van der Waals surface area contributed by atoms with Crippen molar-refractivity contribution in [3.8, 4) is 0 Å². The summed E-state index contributed by atoms with van der Waals surface area (Å²) in [6.45, 7) is 5.61. The standard InChI is InChI=1S/C21H22F2N2O2/c1-14(2)15-3-5-16(6-4-15)20(26)24-7-9-25(10-8-24)21(27)17-11-18(22)13-19(23)12-17/h3-6,11-14H,7-10H2,1-2H3. The molecule has 0 saturated carbocycles. The van der Waals surface area contributed by atoms with Gasteiger partial charge in [-0.3, -0.25) is 9.59 Å². The van der Waals surface area contributed by atoms with Gasteiger partial charge in [0.2, 0.25) is 0 Å². The van der Waals surface area contributed by atoms with Crippen LogP contribution in [0.1, 0.15) is 46.0 Å². The summed E-state index contributed by atoms with van der Waals surface area (Å²) in [4.78, 5) is 28.3. The third-order valence-corrected chi connectivity index (χ3v) is 4.79. The number of benzene rings is 2. The van der Waals surface area contributed by atoms with E-state index in [1.165, 1.54) is 10.5 Å². The van der Waals surface area contributed by atoms with E-state index < -0.39 is 17.5 Å². The van der Waals surface area contributed by atoms with E-state index in [1.54, 1.807) is 4.90 Å². The van der Waals surface area contributed by atoms with E-state index in [-0.39, 0.29) is 11.5 Å². The van der Waals surface area contributed by atoms with Gasteiger partial charge in [0.05, 0.1) is 0 Å². The fourth-order valence-electron chi connectivity index (χ4n) is 3.17. The molecule has 3 rings (SSSR count). The number of halogens is 2. The largest absolute Gasteiger partial charge is 0.335 e. The fraction of sp³-hybridized carbons (Fsp3) is 0.333. The van der Waals surface area contributed by atoms with Gasteiger partial charge in [-0.15, -0.1) is 0 Å². The first-order valence-corrected chi connectivity index (χ1v) is 9.00. The third-order valence-electron chi connectivity index (χ3n) is 4.79. The lowest BCUT2D eigenvalue weighted by Gasteiger charge is -2.35. The number of hydrogen-bond acceptors (Lipinski definition) is 2. The molecule has 27 heavy (non-hydrogen) atoms. The summed E-state index contributed by atoms with van der Waals surface area (Å²) in [6, 6.07) is 10.3. The van der Waals surface area contributed by atoms with Crippen LogP contribution in [0.3, 0.4) is 0 Å². The van der Waals surface area contributed by atoms with E-state index in [0.29, 0.717) is 37.7 Å². The molecule has 2 amide bonds. The average Bonchev–Trinajstić information content (AvgIpc) is 2.66. The molecule has 142 valence electrons. The van der Waals surface area contributed by atoms with Crippen molar-refractivity contribution in [2.24, 2.45) is 0 Å². The third kappa shape index (κ3) is 4.32. The second kappa shape index (κ2) is 7.86. The van der Waals surface area contributed by atoms with Crippen LogP contribution in [0, 0.1) is 11.6 Å². The summed E-state index contributed by atoms with van der Waals surface area (Å²) < 4.78 is 26.7. The number of nitrogens with zero attached hydrogens (tertiary/aromatic N) is 2. The molecule has 0 N–H and O–H groups in total. The smallest absolute Gasteiger partial charge is 0.254 e. The highest BCUT2D eigenvalue weighted by Crippen LogP contribution is 2.17. The summed E-state index contributed by atoms with van der Waals surface area (Å²) in [5.74, 6) is -1.67. The summed E-state index contributed by atoms with van der Waals surface area (Å²) in [6.07, 6.45) is 0. The Bertz CT molecular complexity index is 822. The summed E-state index contributed by atoms with van der Waals surface area (Å²) in [7, 11) is 0. The molecule has 2 aromatic carbocycles. The molecule has 0 bridgehead atoms. The maximum Gasteiger partial charge on any atom is 0.254 e. The topological polar surface area (TPSA) is 40.6 Å². The Balaban J connectivity index is 1.62. The van der Waals surface area contributed by atoms with Gasteiger partial charge >= 0.3 is 0 Å². The Morgan fingerprint density at radius 2 is 1.22 bits per heavy atom. The van der Waals surface area contributed by atoms with Gasteiger partial charge in [-0.25, -0.2) is 8.78 Å². The zero-order valence-corrected chi connectivity index (χ0v) is 15.4. The number of amides is 2. The summed E-state index contributed by atoms with van der Waals surface area (Å²) in [5, 5.41) is 0. The lowest BCUT2D eigenvalue weighted by molar-refractivity contribution is 0.0535. The first-order chi connectivity index (χ1) is 12.8. The van der Waals surface area contributed by atoms with Crippen LogP contribution in [0.2, 0.25) is 0 Å². The molecule has 0 radical (unpaired) electrons. The second-order valence-corrected chi connectivity index (χ2v) is 7.02. The van der Waals surface area contributed by atoms with Crippen molar-refractivity contribution in [1.82, 2.24) is 9.80 Å². The molecule has 0 aliphatic carbocycles. The van der Waals surface area contributed by atoms with E-state index in [4.69, 9.17) is 0 Å². The van der Waals surface area contributed by atoms with Crippen LogP contribution >= 0.6 is 0 Å². The average molecular weight is 372 g/mol. The first kappa shape index (κ1) is 19.0.